The number of amides is 1. The molecular formula is C11H20N2O3. The van der Waals surface area contributed by atoms with Gasteiger partial charge in [-0.2, -0.15) is 0 Å². The molecule has 1 saturated heterocycles. The molecule has 1 aliphatic rings. The van der Waals surface area contributed by atoms with Crippen LogP contribution in [0.25, 0.3) is 0 Å². The molecule has 0 spiro atoms. The molecule has 0 bridgehead atoms. The summed E-state index contributed by atoms with van der Waals surface area (Å²) in [4.78, 5) is 24.6. The zero-order chi connectivity index (χ0) is 12.1. The Morgan fingerprint density at radius 1 is 1.56 bits per heavy atom. The van der Waals surface area contributed by atoms with Gasteiger partial charge in [0.2, 0.25) is 5.91 Å². The summed E-state index contributed by atoms with van der Waals surface area (Å²) in [6, 6.07) is -0.946. The van der Waals surface area contributed by atoms with Crippen LogP contribution in [0.3, 0.4) is 0 Å². The van der Waals surface area contributed by atoms with E-state index in [1.807, 2.05) is 0 Å². The fourth-order valence-electron chi connectivity index (χ4n) is 2.05. The van der Waals surface area contributed by atoms with E-state index < -0.39 is 12.0 Å². The molecule has 0 saturated carbocycles. The lowest BCUT2D eigenvalue weighted by Crippen LogP contribution is -2.48. The normalized spacial score (nSPS) is 23.0. The largest absolute Gasteiger partial charge is 0.480 e. The van der Waals surface area contributed by atoms with Gasteiger partial charge in [0.15, 0.2) is 0 Å². The van der Waals surface area contributed by atoms with Gasteiger partial charge in [-0.15, -0.1) is 0 Å². The third kappa shape index (κ3) is 3.20. The first kappa shape index (κ1) is 13.0. The van der Waals surface area contributed by atoms with Gasteiger partial charge in [-0.3, -0.25) is 14.5 Å². The molecule has 0 aromatic heterocycles. The zero-order valence-corrected chi connectivity index (χ0v) is 9.90. The average molecular weight is 228 g/mol. The van der Waals surface area contributed by atoms with Gasteiger partial charge >= 0.3 is 5.97 Å². The minimum atomic E-state index is -0.992. The minimum Gasteiger partial charge on any atom is -0.480 e. The number of rotatable bonds is 5. The Morgan fingerprint density at radius 2 is 2.25 bits per heavy atom. The van der Waals surface area contributed by atoms with E-state index in [2.05, 4.69) is 17.1 Å². The molecule has 1 amide bonds. The standard InChI is InChI=1S/C11H20N2O3/c1-3-6-13-7-4-5-9(13)10(14)12-8(2)11(15)16/h8-9H,3-7H2,1-2H3,(H,12,14)(H,15,16). The summed E-state index contributed by atoms with van der Waals surface area (Å²) in [6.45, 7) is 5.40. The van der Waals surface area contributed by atoms with Gasteiger partial charge in [-0.05, 0) is 39.3 Å². The summed E-state index contributed by atoms with van der Waals surface area (Å²) in [5, 5.41) is 11.2. The first-order chi connectivity index (χ1) is 7.56. The van der Waals surface area contributed by atoms with Crippen LogP contribution in [0.2, 0.25) is 0 Å². The Kier molecular flexibility index (Phi) is 4.73. The van der Waals surface area contributed by atoms with E-state index in [0.717, 1.165) is 32.4 Å². The SMILES string of the molecule is CCCN1CCCC1C(=O)NC(C)C(=O)O. The first-order valence-electron chi connectivity index (χ1n) is 5.83. The second kappa shape index (κ2) is 5.84. The van der Waals surface area contributed by atoms with Crippen molar-refractivity contribution in [3.05, 3.63) is 0 Å². The number of aliphatic carboxylic acids is 1. The second-order valence-corrected chi connectivity index (χ2v) is 4.26. The van der Waals surface area contributed by atoms with Crippen LogP contribution < -0.4 is 5.32 Å². The van der Waals surface area contributed by atoms with Crippen LogP contribution in [0.1, 0.15) is 33.1 Å². The average Bonchev–Trinajstić information content (AvgIpc) is 2.66. The molecule has 0 radical (unpaired) electrons. The molecule has 0 aromatic rings. The quantitative estimate of drug-likeness (QED) is 0.717. The van der Waals surface area contributed by atoms with Crippen LogP contribution in [-0.4, -0.2) is 47.1 Å². The van der Waals surface area contributed by atoms with Gasteiger partial charge in [-0.25, -0.2) is 0 Å². The molecule has 16 heavy (non-hydrogen) atoms. The predicted octanol–water partition coefficient (Wildman–Crippen LogP) is 0.450. The number of likely N-dealkylation sites (tertiary alicyclic amines) is 1. The van der Waals surface area contributed by atoms with E-state index in [4.69, 9.17) is 5.11 Å². The molecule has 1 heterocycles. The highest BCUT2D eigenvalue weighted by molar-refractivity contribution is 5.86. The van der Waals surface area contributed by atoms with Gasteiger partial charge in [0.05, 0.1) is 6.04 Å². The van der Waals surface area contributed by atoms with Crippen molar-refractivity contribution in [1.82, 2.24) is 10.2 Å². The van der Waals surface area contributed by atoms with Crippen molar-refractivity contribution < 1.29 is 14.7 Å². The Labute approximate surface area is 95.8 Å². The van der Waals surface area contributed by atoms with Crippen molar-refractivity contribution in [3.63, 3.8) is 0 Å². The van der Waals surface area contributed by atoms with Crippen LogP contribution in [0.5, 0.6) is 0 Å². The number of hydrogen-bond donors (Lipinski definition) is 2. The Balaban J connectivity index is 2.49. The summed E-state index contributed by atoms with van der Waals surface area (Å²) < 4.78 is 0. The predicted molar refractivity (Wildman–Crippen MR) is 60.1 cm³/mol. The van der Waals surface area contributed by atoms with Crippen molar-refractivity contribution in [2.24, 2.45) is 0 Å². The number of nitrogens with zero attached hydrogens (tertiary/aromatic N) is 1. The highest BCUT2D eigenvalue weighted by Gasteiger charge is 2.31. The monoisotopic (exact) mass is 228 g/mol. The van der Waals surface area contributed by atoms with Crippen LogP contribution in [0, 0.1) is 0 Å². The van der Waals surface area contributed by atoms with Crippen LogP contribution >= 0.6 is 0 Å². The number of carboxylic acid groups (broad SMARTS) is 1. The maximum Gasteiger partial charge on any atom is 0.325 e. The zero-order valence-electron chi connectivity index (χ0n) is 9.90. The fourth-order valence-corrected chi connectivity index (χ4v) is 2.05. The number of nitrogens with one attached hydrogen (secondary N) is 1. The van der Waals surface area contributed by atoms with Crippen molar-refractivity contribution in [3.8, 4) is 0 Å². The molecule has 1 rings (SSSR count). The molecule has 2 atom stereocenters. The van der Waals surface area contributed by atoms with Crippen LogP contribution in [-0.2, 0) is 9.59 Å². The number of carbonyl (C=O) groups excluding carboxylic acids is 1. The summed E-state index contributed by atoms with van der Waals surface area (Å²) in [6.07, 6.45) is 2.86. The van der Waals surface area contributed by atoms with E-state index in [0.29, 0.717) is 0 Å². The fraction of sp³-hybridized carbons (Fsp3) is 0.818. The molecule has 0 aromatic carbocycles. The Bertz CT molecular complexity index is 268. The van der Waals surface area contributed by atoms with Crippen molar-refractivity contribution >= 4 is 11.9 Å². The number of carboxylic acids is 1. The molecule has 92 valence electrons. The molecule has 2 N–H and O–H groups in total. The minimum absolute atomic E-state index is 0.137. The highest BCUT2D eigenvalue weighted by atomic mass is 16.4. The van der Waals surface area contributed by atoms with Crippen LogP contribution in [0.4, 0.5) is 0 Å². The molecule has 5 heteroatoms. The number of carbonyl (C=O) groups is 2. The van der Waals surface area contributed by atoms with E-state index in [1.165, 1.54) is 6.92 Å². The van der Waals surface area contributed by atoms with E-state index >= 15 is 0 Å². The third-order valence-corrected chi connectivity index (χ3v) is 2.91. The maximum atomic E-state index is 11.8. The molecule has 1 aliphatic heterocycles. The molecule has 2 unspecified atom stereocenters. The third-order valence-electron chi connectivity index (χ3n) is 2.91. The van der Waals surface area contributed by atoms with Gasteiger partial charge in [0.1, 0.15) is 6.04 Å². The van der Waals surface area contributed by atoms with Gasteiger partial charge in [0.25, 0.3) is 0 Å². The van der Waals surface area contributed by atoms with Gasteiger partial charge < -0.3 is 10.4 Å². The van der Waals surface area contributed by atoms with E-state index in [-0.39, 0.29) is 11.9 Å². The number of hydrogen-bond acceptors (Lipinski definition) is 3. The topological polar surface area (TPSA) is 69.6 Å². The van der Waals surface area contributed by atoms with Crippen molar-refractivity contribution in [2.45, 2.75) is 45.2 Å². The maximum absolute atomic E-state index is 11.8. The molecular weight excluding hydrogens is 208 g/mol. The second-order valence-electron chi connectivity index (χ2n) is 4.26. The van der Waals surface area contributed by atoms with Gasteiger partial charge in [0, 0.05) is 0 Å². The van der Waals surface area contributed by atoms with Crippen molar-refractivity contribution in [1.29, 1.82) is 0 Å². The highest BCUT2D eigenvalue weighted by Crippen LogP contribution is 2.17. The van der Waals surface area contributed by atoms with E-state index in [9.17, 15) is 9.59 Å². The lowest BCUT2D eigenvalue weighted by molar-refractivity contribution is -0.142. The summed E-state index contributed by atoms with van der Waals surface area (Å²) in [5.74, 6) is -1.14. The van der Waals surface area contributed by atoms with E-state index in [1.54, 1.807) is 0 Å². The molecule has 1 fully saturated rings. The summed E-state index contributed by atoms with van der Waals surface area (Å²) in [7, 11) is 0. The van der Waals surface area contributed by atoms with Crippen LogP contribution in [0.15, 0.2) is 0 Å². The Hall–Kier alpha value is -1.10. The summed E-state index contributed by atoms with van der Waals surface area (Å²) in [5.41, 5.74) is 0. The lowest BCUT2D eigenvalue weighted by Gasteiger charge is -2.23. The molecule has 5 nitrogen and oxygen atoms in total. The van der Waals surface area contributed by atoms with Crippen molar-refractivity contribution in [2.75, 3.05) is 13.1 Å². The smallest absolute Gasteiger partial charge is 0.325 e. The lowest BCUT2D eigenvalue weighted by atomic mass is 10.2. The first-order valence-corrected chi connectivity index (χ1v) is 5.83. The Morgan fingerprint density at radius 3 is 2.81 bits per heavy atom. The summed E-state index contributed by atoms with van der Waals surface area (Å²) >= 11 is 0. The van der Waals surface area contributed by atoms with Gasteiger partial charge in [-0.1, -0.05) is 6.92 Å². The molecule has 0 aliphatic carbocycles.